The minimum atomic E-state index is -4.45. The maximum Gasteiger partial charge on any atom is 0.417 e. The number of hydrogen-bond acceptors (Lipinski definition) is 4. The quantitative estimate of drug-likeness (QED) is 0.788. The lowest BCUT2D eigenvalue weighted by Crippen LogP contribution is -2.49. The van der Waals surface area contributed by atoms with Gasteiger partial charge >= 0.3 is 6.18 Å². The van der Waals surface area contributed by atoms with E-state index in [2.05, 4.69) is 16.5 Å². The number of alkyl halides is 3. The molecule has 4 nitrogen and oxygen atoms in total. The Morgan fingerprint density at radius 3 is 2.54 bits per heavy atom. The van der Waals surface area contributed by atoms with Gasteiger partial charge in [0.25, 0.3) is 0 Å². The number of anilines is 1. The van der Waals surface area contributed by atoms with E-state index >= 15 is 0 Å². The molecule has 0 spiro atoms. The molecule has 0 saturated carbocycles. The molecule has 1 fully saturated rings. The van der Waals surface area contributed by atoms with Crippen LogP contribution in [0.3, 0.4) is 0 Å². The molecule has 1 atom stereocenters. The lowest BCUT2D eigenvalue weighted by molar-refractivity contribution is -0.137. The second-order valence-electron chi connectivity index (χ2n) is 5.83. The fourth-order valence-corrected chi connectivity index (χ4v) is 2.95. The van der Waals surface area contributed by atoms with E-state index in [0.717, 1.165) is 18.7 Å². The van der Waals surface area contributed by atoms with Crippen LogP contribution < -0.4 is 4.90 Å². The monoisotopic (exact) mass is 363 g/mol. The Hall–Kier alpha value is -1.31. The van der Waals surface area contributed by atoms with Crippen LogP contribution in [-0.4, -0.2) is 53.8 Å². The number of β-amino-alcohol motifs (C(OH)–C–C–N with tert-alkyl or cyclic N) is 1. The number of hydrogen-bond donors (Lipinski definition) is 1. The largest absolute Gasteiger partial charge is 0.417 e. The number of pyridine rings is 1. The van der Waals surface area contributed by atoms with Crippen molar-refractivity contribution in [3.63, 3.8) is 0 Å². The number of aliphatic hydroxyl groups excluding tert-OH is 1. The standard InChI is InChI=1S/C16H21ClF3N3O/c1-2-3-4-13(24)11-22-5-7-23(8-6-22)15-14(17)9-12(10-21-15)16(18,19)20/h2,9-10,13,24H,1,3-8,11H2. The molecule has 0 amide bonds. The summed E-state index contributed by atoms with van der Waals surface area (Å²) in [6.07, 6.45) is -0.814. The van der Waals surface area contributed by atoms with Crippen LogP contribution in [0.25, 0.3) is 0 Å². The van der Waals surface area contributed by atoms with E-state index in [1.165, 1.54) is 0 Å². The Morgan fingerprint density at radius 1 is 1.33 bits per heavy atom. The molecule has 8 heteroatoms. The number of rotatable bonds is 6. The molecule has 1 N–H and O–H groups in total. The lowest BCUT2D eigenvalue weighted by atomic mass is 10.1. The van der Waals surface area contributed by atoms with Crippen molar-refractivity contribution in [1.82, 2.24) is 9.88 Å². The van der Waals surface area contributed by atoms with Gasteiger partial charge in [-0.2, -0.15) is 13.2 Å². The summed E-state index contributed by atoms with van der Waals surface area (Å²) >= 11 is 5.98. The molecule has 2 heterocycles. The van der Waals surface area contributed by atoms with Crippen molar-refractivity contribution in [2.75, 3.05) is 37.6 Å². The van der Waals surface area contributed by atoms with Gasteiger partial charge in [0.05, 0.1) is 16.7 Å². The molecule has 1 saturated heterocycles. The highest BCUT2D eigenvalue weighted by molar-refractivity contribution is 6.33. The zero-order valence-electron chi connectivity index (χ0n) is 13.3. The summed E-state index contributed by atoms with van der Waals surface area (Å²) in [7, 11) is 0. The van der Waals surface area contributed by atoms with Gasteiger partial charge < -0.3 is 10.0 Å². The second kappa shape index (κ2) is 8.18. The Kier molecular flexibility index (Phi) is 6.48. The van der Waals surface area contributed by atoms with Crippen LogP contribution in [0, 0.1) is 0 Å². The summed E-state index contributed by atoms with van der Waals surface area (Å²) in [6, 6.07) is 0.912. The van der Waals surface area contributed by atoms with Crippen molar-refractivity contribution in [3.8, 4) is 0 Å². The highest BCUT2D eigenvalue weighted by Crippen LogP contribution is 2.33. The van der Waals surface area contributed by atoms with E-state index in [1.807, 2.05) is 4.90 Å². The number of halogens is 4. The first-order valence-electron chi connectivity index (χ1n) is 7.80. The maximum atomic E-state index is 12.7. The molecule has 24 heavy (non-hydrogen) atoms. The molecule has 134 valence electrons. The van der Waals surface area contributed by atoms with Crippen molar-refractivity contribution in [3.05, 3.63) is 35.5 Å². The maximum absolute atomic E-state index is 12.7. The predicted molar refractivity (Wildman–Crippen MR) is 88.3 cm³/mol. The van der Waals surface area contributed by atoms with Gasteiger partial charge in [0.2, 0.25) is 0 Å². The number of aliphatic hydroxyl groups is 1. The minimum Gasteiger partial charge on any atom is -0.392 e. The van der Waals surface area contributed by atoms with Gasteiger partial charge in [-0.1, -0.05) is 17.7 Å². The summed E-state index contributed by atoms with van der Waals surface area (Å²) in [5.41, 5.74) is -0.847. The van der Waals surface area contributed by atoms with Gasteiger partial charge in [-0.3, -0.25) is 4.90 Å². The van der Waals surface area contributed by atoms with Crippen LogP contribution in [-0.2, 0) is 6.18 Å². The predicted octanol–water partition coefficient (Wildman–Crippen LogP) is 3.20. The highest BCUT2D eigenvalue weighted by Gasteiger charge is 2.32. The smallest absolute Gasteiger partial charge is 0.392 e. The molecular weight excluding hydrogens is 343 g/mol. The third-order valence-electron chi connectivity index (χ3n) is 3.99. The molecule has 2 rings (SSSR count). The molecule has 1 aromatic rings. The first-order valence-corrected chi connectivity index (χ1v) is 8.18. The van der Waals surface area contributed by atoms with E-state index in [-0.39, 0.29) is 5.02 Å². The van der Waals surface area contributed by atoms with E-state index in [4.69, 9.17) is 11.6 Å². The zero-order valence-corrected chi connectivity index (χ0v) is 14.0. The van der Waals surface area contributed by atoms with Crippen LogP contribution in [0.2, 0.25) is 5.02 Å². The molecule has 0 aromatic carbocycles. The minimum absolute atomic E-state index is 0.00397. The summed E-state index contributed by atoms with van der Waals surface area (Å²) in [6.45, 7) is 6.81. The number of allylic oxidation sites excluding steroid dienone is 1. The van der Waals surface area contributed by atoms with Gasteiger partial charge in [-0.25, -0.2) is 4.98 Å². The average molecular weight is 364 g/mol. The van der Waals surface area contributed by atoms with Crippen molar-refractivity contribution < 1.29 is 18.3 Å². The molecule has 1 aliphatic heterocycles. The summed E-state index contributed by atoms with van der Waals surface area (Å²) in [5, 5.41) is 9.93. The van der Waals surface area contributed by atoms with Gasteiger partial charge in [0, 0.05) is 38.9 Å². The van der Waals surface area contributed by atoms with E-state index < -0.39 is 17.8 Å². The van der Waals surface area contributed by atoms with Gasteiger partial charge in [0.1, 0.15) is 5.82 Å². The molecule has 1 unspecified atom stereocenters. The molecule has 0 radical (unpaired) electrons. The van der Waals surface area contributed by atoms with Gasteiger partial charge in [0.15, 0.2) is 0 Å². The highest BCUT2D eigenvalue weighted by atomic mass is 35.5. The van der Waals surface area contributed by atoms with E-state index in [9.17, 15) is 18.3 Å². The Morgan fingerprint density at radius 2 is 2.00 bits per heavy atom. The fraction of sp³-hybridized carbons (Fsp3) is 0.562. The first kappa shape index (κ1) is 19.0. The number of nitrogens with zero attached hydrogens (tertiary/aromatic N) is 3. The molecule has 0 bridgehead atoms. The van der Waals surface area contributed by atoms with E-state index in [0.29, 0.717) is 45.0 Å². The van der Waals surface area contributed by atoms with Gasteiger partial charge in [-0.05, 0) is 18.9 Å². The van der Waals surface area contributed by atoms with E-state index in [1.54, 1.807) is 6.08 Å². The lowest BCUT2D eigenvalue weighted by Gasteiger charge is -2.36. The average Bonchev–Trinajstić information content (AvgIpc) is 2.53. The molecule has 1 aliphatic rings. The van der Waals surface area contributed by atoms with Crippen LogP contribution >= 0.6 is 11.6 Å². The number of piperazine rings is 1. The second-order valence-corrected chi connectivity index (χ2v) is 6.24. The summed E-state index contributed by atoms with van der Waals surface area (Å²) < 4.78 is 38.0. The van der Waals surface area contributed by atoms with Crippen LogP contribution in [0.1, 0.15) is 18.4 Å². The normalized spacial score (nSPS) is 17.8. The Balaban J connectivity index is 1.91. The number of aromatic nitrogens is 1. The van der Waals surface area contributed by atoms with Crippen LogP contribution in [0.4, 0.5) is 19.0 Å². The first-order chi connectivity index (χ1) is 11.3. The zero-order chi connectivity index (χ0) is 17.7. The van der Waals surface area contributed by atoms with Gasteiger partial charge in [-0.15, -0.1) is 6.58 Å². The summed E-state index contributed by atoms with van der Waals surface area (Å²) in [4.78, 5) is 7.89. The third kappa shape index (κ3) is 5.09. The van der Waals surface area contributed by atoms with Crippen molar-refractivity contribution >= 4 is 17.4 Å². The molecule has 1 aromatic heterocycles. The SMILES string of the molecule is C=CCCC(O)CN1CCN(c2ncc(C(F)(F)F)cc2Cl)CC1. The van der Waals surface area contributed by atoms with Crippen molar-refractivity contribution in [2.45, 2.75) is 25.1 Å². The summed E-state index contributed by atoms with van der Waals surface area (Å²) in [5.74, 6) is 0.372. The third-order valence-corrected chi connectivity index (χ3v) is 4.27. The topological polar surface area (TPSA) is 39.6 Å². The Bertz CT molecular complexity index is 560. The van der Waals surface area contributed by atoms with Crippen molar-refractivity contribution in [2.24, 2.45) is 0 Å². The molecule has 0 aliphatic carbocycles. The van der Waals surface area contributed by atoms with Crippen LogP contribution in [0.15, 0.2) is 24.9 Å². The Labute approximate surface area is 144 Å². The molecular formula is C16H21ClF3N3O. The van der Waals surface area contributed by atoms with Crippen molar-refractivity contribution in [1.29, 1.82) is 0 Å². The fourth-order valence-electron chi connectivity index (χ4n) is 2.66. The van der Waals surface area contributed by atoms with Crippen LogP contribution in [0.5, 0.6) is 0 Å².